The fourth-order valence-corrected chi connectivity index (χ4v) is 2.93. The predicted octanol–water partition coefficient (Wildman–Crippen LogP) is 1.84. The smallest absolute Gasteiger partial charge is 0.259 e. The van der Waals surface area contributed by atoms with E-state index in [2.05, 4.69) is 33.4 Å². The number of hydrogen-bond donors (Lipinski definition) is 2. The number of pyridine rings is 2. The zero-order chi connectivity index (χ0) is 24.0. The van der Waals surface area contributed by atoms with Gasteiger partial charge in [0, 0.05) is 50.1 Å². The molecule has 0 radical (unpaired) electrons. The van der Waals surface area contributed by atoms with Crippen molar-refractivity contribution in [2.24, 2.45) is 0 Å². The lowest BCUT2D eigenvalue weighted by Gasteiger charge is -2.13. The van der Waals surface area contributed by atoms with Crippen molar-refractivity contribution in [3.05, 3.63) is 54.5 Å². The Morgan fingerprint density at radius 2 is 2.06 bits per heavy atom. The molecule has 3 aromatic heterocycles. The van der Waals surface area contributed by atoms with Crippen LogP contribution in [0.15, 0.2) is 48.9 Å². The summed E-state index contributed by atoms with van der Waals surface area (Å²) in [5.74, 6) is 0.715. The van der Waals surface area contributed by atoms with Crippen LogP contribution in [0.1, 0.15) is 12.5 Å². The maximum absolute atomic E-state index is 11.9. The van der Waals surface area contributed by atoms with Crippen LogP contribution in [0.25, 0.3) is 16.6 Å². The number of amides is 2. The second-order valence-corrected chi connectivity index (χ2v) is 7.52. The van der Waals surface area contributed by atoms with Gasteiger partial charge in [0.05, 0.1) is 23.5 Å². The highest BCUT2D eigenvalue weighted by Gasteiger charge is 2.15. The Hall–Kier alpha value is -4.39. The highest BCUT2D eigenvalue weighted by atomic mass is 16.5. The molecule has 0 bridgehead atoms. The first-order chi connectivity index (χ1) is 15.8. The third-order valence-corrected chi connectivity index (χ3v) is 4.75. The van der Waals surface area contributed by atoms with Crippen LogP contribution in [-0.2, 0) is 9.59 Å². The van der Waals surface area contributed by atoms with E-state index < -0.39 is 0 Å². The molecule has 10 nitrogen and oxygen atoms in total. The average molecular weight is 447 g/mol. The first-order valence-corrected chi connectivity index (χ1v) is 10.2. The summed E-state index contributed by atoms with van der Waals surface area (Å²) in [6.07, 6.45) is 4.79. The maximum Gasteiger partial charge on any atom is 0.259 e. The topological polar surface area (TPSA) is 125 Å². The fraction of sp³-hybridized carbons (Fsp3) is 0.261. The summed E-state index contributed by atoms with van der Waals surface area (Å²) >= 11 is 0. The molecular formula is C23H25N7O3. The summed E-state index contributed by atoms with van der Waals surface area (Å²) in [6, 6.07) is 7.58. The summed E-state index contributed by atoms with van der Waals surface area (Å²) in [7, 11) is 3.31. The molecule has 0 saturated heterocycles. The largest absolute Gasteiger partial charge is 0.482 e. The molecule has 0 fully saturated rings. The Balaban J connectivity index is 1.80. The van der Waals surface area contributed by atoms with Crippen LogP contribution in [-0.4, -0.2) is 65.1 Å². The van der Waals surface area contributed by atoms with Gasteiger partial charge in [-0.1, -0.05) is 6.58 Å². The van der Waals surface area contributed by atoms with Gasteiger partial charge in [-0.3, -0.25) is 9.59 Å². The number of rotatable bonds is 9. The summed E-state index contributed by atoms with van der Waals surface area (Å²) in [5.41, 5.74) is 2.94. The minimum absolute atomic E-state index is 0.118. The number of aromatic nitrogens is 3. The molecule has 3 aromatic rings. The number of ether oxygens (including phenoxy) is 1. The van der Waals surface area contributed by atoms with Crippen molar-refractivity contribution in [1.82, 2.24) is 24.8 Å². The second-order valence-electron chi connectivity index (χ2n) is 7.52. The molecule has 0 saturated carbocycles. The van der Waals surface area contributed by atoms with E-state index >= 15 is 0 Å². The Morgan fingerprint density at radius 1 is 1.27 bits per heavy atom. The Bertz CT molecular complexity index is 1220. The van der Waals surface area contributed by atoms with Crippen LogP contribution in [0.3, 0.4) is 0 Å². The van der Waals surface area contributed by atoms with Crippen molar-refractivity contribution in [3.63, 3.8) is 0 Å². The monoisotopic (exact) mass is 447 g/mol. The van der Waals surface area contributed by atoms with E-state index in [1.54, 1.807) is 50.1 Å². The van der Waals surface area contributed by atoms with E-state index in [-0.39, 0.29) is 18.4 Å². The average Bonchev–Trinajstić information content (AvgIpc) is 3.23. The van der Waals surface area contributed by atoms with Gasteiger partial charge in [-0.25, -0.2) is 9.50 Å². The summed E-state index contributed by atoms with van der Waals surface area (Å²) in [4.78, 5) is 29.3. The van der Waals surface area contributed by atoms with E-state index in [1.807, 2.05) is 6.07 Å². The summed E-state index contributed by atoms with van der Waals surface area (Å²) in [6.45, 7) is 6.06. The van der Waals surface area contributed by atoms with Crippen LogP contribution in [0.5, 0.6) is 5.75 Å². The van der Waals surface area contributed by atoms with Crippen molar-refractivity contribution in [2.75, 3.05) is 39.1 Å². The molecule has 0 aromatic carbocycles. The van der Waals surface area contributed by atoms with E-state index in [4.69, 9.17) is 4.74 Å². The molecular weight excluding hydrogens is 422 g/mol. The Morgan fingerprint density at radius 3 is 2.70 bits per heavy atom. The molecule has 10 heteroatoms. The van der Waals surface area contributed by atoms with Crippen molar-refractivity contribution < 1.29 is 14.3 Å². The van der Waals surface area contributed by atoms with E-state index in [0.29, 0.717) is 46.9 Å². The highest BCUT2D eigenvalue weighted by molar-refractivity contribution is 5.92. The molecule has 0 atom stereocenters. The quantitative estimate of drug-likeness (QED) is 0.379. The molecule has 2 amide bonds. The molecule has 0 aliphatic rings. The number of nitrogens with zero attached hydrogens (tertiary/aromatic N) is 5. The lowest BCUT2D eigenvalue weighted by molar-refractivity contribution is -0.130. The SMILES string of the molecule is C=C(C)C(=O)NCCNc1ccc(-c2cc(OCC(=O)N(C)C)cn3ncc(C#N)c23)cn1. The predicted molar refractivity (Wildman–Crippen MR) is 124 cm³/mol. The van der Waals surface area contributed by atoms with Crippen molar-refractivity contribution in [3.8, 4) is 22.9 Å². The number of anilines is 1. The number of fused-ring (bicyclic) bond motifs is 1. The van der Waals surface area contributed by atoms with Crippen LogP contribution in [0.2, 0.25) is 0 Å². The minimum Gasteiger partial charge on any atom is -0.482 e. The number of carbonyl (C=O) groups is 2. The molecule has 2 N–H and O–H groups in total. The van der Waals surface area contributed by atoms with Crippen LogP contribution < -0.4 is 15.4 Å². The van der Waals surface area contributed by atoms with Crippen LogP contribution >= 0.6 is 0 Å². The first kappa shape index (κ1) is 23.3. The van der Waals surface area contributed by atoms with E-state index in [9.17, 15) is 14.9 Å². The standard InChI is InChI=1S/C23H25N7O3/c1-15(2)23(32)26-8-7-25-20-6-5-16(11-27-20)19-9-18(33-14-21(31)29(3)4)13-30-22(19)17(10-24)12-28-30/h5-6,9,11-13H,1,7-8,14H2,2-4H3,(H,25,27)(H,26,32). The highest BCUT2D eigenvalue weighted by Crippen LogP contribution is 2.31. The van der Waals surface area contributed by atoms with Gasteiger partial charge >= 0.3 is 0 Å². The molecule has 3 rings (SSSR count). The lowest BCUT2D eigenvalue weighted by Crippen LogP contribution is -2.29. The molecule has 170 valence electrons. The molecule has 0 aliphatic heterocycles. The van der Waals surface area contributed by atoms with Gasteiger partial charge in [-0.15, -0.1) is 0 Å². The Labute approximate surface area is 191 Å². The van der Waals surface area contributed by atoms with Crippen LogP contribution in [0, 0.1) is 11.3 Å². The van der Waals surface area contributed by atoms with Crippen molar-refractivity contribution in [2.45, 2.75) is 6.92 Å². The fourth-order valence-electron chi connectivity index (χ4n) is 2.93. The number of carbonyl (C=O) groups excluding carboxylic acids is 2. The zero-order valence-corrected chi connectivity index (χ0v) is 18.8. The Kier molecular flexibility index (Phi) is 7.25. The van der Waals surface area contributed by atoms with Crippen molar-refractivity contribution in [1.29, 1.82) is 5.26 Å². The van der Waals surface area contributed by atoms with Crippen molar-refractivity contribution >= 4 is 23.1 Å². The molecule has 0 aliphatic carbocycles. The third kappa shape index (κ3) is 5.65. The zero-order valence-electron chi connectivity index (χ0n) is 18.8. The number of nitrogens with one attached hydrogen (secondary N) is 2. The minimum atomic E-state index is -0.187. The molecule has 33 heavy (non-hydrogen) atoms. The molecule has 0 spiro atoms. The molecule has 3 heterocycles. The molecule has 0 unspecified atom stereocenters. The maximum atomic E-state index is 11.9. The van der Waals surface area contributed by atoms with Gasteiger partial charge < -0.3 is 20.3 Å². The first-order valence-electron chi connectivity index (χ1n) is 10.2. The van der Waals surface area contributed by atoms with Gasteiger partial charge in [-0.2, -0.15) is 10.4 Å². The summed E-state index contributed by atoms with van der Waals surface area (Å²) < 4.78 is 7.21. The normalized spacial score (nSPS) is 10.4. The number of hydrogen-bond acceptors (Lipinski definition) is 7. The van der Waals surface area contributed by atoms with Gasteiger partial charge in [-0.05, 0) is 25.1 Å². The number of likely N-dealkylation sites (N-methyl/N-ethyl adjacent to an activating group) is 1. The second kappa shape index (κ2) is 10.3. The number of nitriles is 1. The van der Waals surface area contributed by atoms with Gasteiger partial charge in [0.25, 0.3) is 5.91 Å². The van der Waals surface area contributed by atoms with Gasteiger partial charge in [0.1, 0.15) is 17.6 Å². The lowest BCUT2D eigenvalue weighted by atomic mass is 10.1. The van der Waals surface area contributed by atoms with Gasteiger partial charge in [0.15, 0.2) is 6.61 Å². The van der Waals surface area contributed by atoms with E-state index in [1.165, 1.54) is 11.1 Å². The third-order valence-electron chi connectivity index (χ3n) is 4.75. The van der Waals surface area contributed by atoms with E-state index in [0.717, 1.165) is 5.56 Å². The summed E-state index contributed by atoms with van der Waals surface area (Å²) in [5, 5.41) is 19.6. The van der Waals surface area contributed by atoms with Crippen LogP contribution in [0.4, 0.5) is 5.82 Å². The van der Waals surface area contributed by atoms with Gasteiger partial charge in [0.2, 0.25) is 5.91 Å².